The van der Waals surface area contributed by atoms with Crippen LogP contribution in [0.15, 0.2) is 17.5 Å². The van der Waals surface area contributed by atoms with E-state index in [0.29, 0.717) is 0 Å². The van der Waals surface area contributed by atoms with Crippen molar-refractivity contribution in [1.82, 2.24) is 0 Å². The number of hydrogen-bond acceptors (Lipinski definition) is 1. The Morgan fingerprint density at radius 1 is 1.17 bits per heavy atom. The first-order valence-corrected chi connectivity index (χ1v) is 5.75. The first kappa shape index (κ1) is 11.7. The minimum atomic E-state index is 1.18. The molecule has 1 aromatic rings. The number of rotatable bonds is 3. The fraction of sp³-hybridized carbons (Fsp3) is 0.636. The quantitative estimate of drug-likeness (QED) is 0.648. The fourth-order valence-corrected chi connectivity index (χ4v) is 1.52. The lowest BCUT2D eigenvalue weighted by Crippen LogP contribution is -1.63. The summed E-state index contributed by atoms with van der Waals surface area (Å²) in [6, 6.07) is 4.24. The predicted molar refractivity (Wildman–Crippen MR) is 58.9 cm³/mol. The van der Waals surface area contributed by atoms with Crippen LogP contribution in [0, 0.1) is 0 Å². The molecule has 1 heterocycles. The van der Waals surface area contributed by atoms with Crippen LogP contribution in [0.3, 0.4) is 0 Å². The summed E-state index contributed by atoms with van der Waals surface area (Å²) in [7, 11) is 0. The van der Waals surface area contributed by atoms with E-state index in [1.165, 1.54) is 30.6 Å². The topological polar surface area (TPSA) is 0 Å². The Bertz CT molecular complexity index is 152. The molecule has 0 amide bonds. The maximum absolute atomic E-state index is 2.21. The normalized spacial score (nSPS) is 8.92. The largest absolute Gasteiger partial charge is 0.149 e. The van der Waals surface area contributed by atoms with Crippen LogP contribution in [0.5, 0.6) is 0 Å². The number of aryl methyl sites for hydroxylation is 1. The fourth-order valence-electron chi connectivity index (χ4n) is 0.867. The Labute approximate surface area is 80.6 Å². The summed E-state index contributed by atoms with van der Waals surface area (Å²) in [5.74, 6) is 0. The molecule has 0 unspecified atom stereocenters. The average Bonchev–Trinajstić information content (AvgIpc) is 2.58. The lowest BCUT2D eigenvalue weighted by molar-refractivity contribution is 0.772. The molecule has 0 nitrogen and oxygen atoms in total. The average molecular weight is 184 g/mol. The van der Waals surface area contributed by atoms with Gasteiger partial charge in [-0.2, -0.15) is 0 Å². The summed E-state index contributed by atoms with van der Waals surface area (Å²) in [5, 5.41) is 2.11. The molecule has 0 aliphatic carbocycles. The standard InChI is InChI=1S/C6H8S.C5H12/c1-2-6-4-3-5-7-6;1-3-5-4-2/h3-5H,2H2,1H3;3-5H2,1-2H3. The van der Waals surface area contributed by atoms with Gasteiger partial charge >= 0.3 is 0 Å². The van der Waals surface area contributed by atoms with E-state index in [4.69, 9.17) is 0 Å². The SMILES string of the molecule is CCCCC.CCc1cccs1. The maximum atomic E-state index is 2.21. The molecular formula is C11H20S. The summed E-state index contributed by atoms with van der Waals surface area (Å²) in [6.07, 6.45) is 5.25. The molecule has 0 N–H and O–H groups in total. The van der Waals surface area contributed by atoms with Crippen molar-refractivity contribution in [3.63, 3.8) is 0 Å². The maximum Gasteiger partial charge on any atom is 0.00424 e. The van der Waals surface area contributed by atoms with E-state index in [1.54, 1.807) is 0 Å². The van der Waals surface area contributed by atoms with E-state index in [2.05, 4.69) is 38.3 Å². The van der Waals surface area contributed by atoms with Crippen LogP contribution in [0.1, 0.15) is 44.9 Å². The minimum absolute atomic E-state index is 1.18. The highest BCUT2D eigenvalue weighted by atomic mass is 32.1. The summed E-state index contributed by atoms with van der Waals surface area (Å²) in [6.45, 7) is 6.60. The first-order chi connectivity index (χ1) is 5.85. The first-order valence-electron chi connectivity index (χ1n) is 4.87. The van der Waals surface area contributed by atoms with Crippen LogP contribution >= 0.6 is 11.3 Å². The molecule has 0 aliphatic rings. The molecule has 0 atom stereocenters. The molecule has 0 aromatic carbocycles. The Balaban J connectivity index is 0.000000217. The van der Waals surface area contributed by atoms with Crippen LogP contribution in [0.2, 0.25) is 0 Å². The van der Waals surface area contributed by atoms with Crippen molar-refractivity contribution in [1.29, 1.82) is 0 Å². The van der Waals surface area contributed by atoms with E-state index in [9.17, 15) is 0 Å². The lowest BCUT2D eigenvalue weighted by atomic mass is 10.3. The van der Waals surface area contributed by atoms with Gasteiger partial charge in [0.05, 0.1) is 0 Å². The van der Waals surface area contributed by atoms with Crippen LogP contribution in [-0.4, -0.2) is 0 Å². The highest BCUT2D eigenvalue weighted by Gasteiger charge is 1.82. The summed E-state index contributed by atoms with van der Waals surface area (Å²) in [4.78, 5) is 1.47. The lowest BCUT2D eigenvalue weighted by Gasteiger charge is -1.79. The number of thiophene rings is 1. The molecule has 12 heavy (non-hydrogen) atoms. The molecule has 0 bridgehead atoms. The Morgan fingerprint density at radius 3 is 2.00 bits per heavy atom. The Hall–Kier alpha value is -0.300. The van der Waals surface area contributed by atoms with Crippen LogP contribution in [0.25, 0.3) is 0 Å². The monoisotopic (exact) mass is 184 g/mol. The van der Waals surface area contributed by atoms with E-state index in [1.807, 2.05) is 11.3 Å². The molecule has 1 heteroatoms. The molecule has 0 radical (unpaired) electrons. The van der Waals surface area contributed by atoms with Gasteiger partial charge in [-0.25, -0.2) is 0 Å². The Kier molecular flexibility index (Phi) is 8.57. The second kappa shape index (κ2) is 8.79. The third kappa shape index (κ3) is 6.41. The molecular weight excluding hydrogens is 164 g/mol. The van der Waals surface area contributed by atoms with Gasteiger partial charge in [0.25, 0.3) is 0 Å². The third-order valence-electron chi connectivity index (χ3n) is 1.64. The highest BCUT2D eigenvalue weighted by molar-refractivity contribution is 7.09. The molecule has 70 valence electrons. The van der Waals surface area contributed by atoms with Gasteiger partial charge in [0.15, 0.2) is 0 Å². The zero-order valence-corrected chi connectivity index (χ0v) is 9.29. The molecule has 1 aromatic heterocycles. The predicted octanol–water partition coefficient (Wildman–Crippen LogP) is 4.51. The zero-order chi connectivity index (χ0) is 9.23. The smallest absolute Gasteiger partial charge is 0.00424 e. The van der Waals surface area contributed by atoms with Gasteiger partial charge in [0.2, 0.25) is 0 Å². The molecule has 0 saturated heterocycles. The molecule has 0 aliphatic heterocycles. The van der Waals surface area contributed by atoms with Gasteiger partial charge in [-0.1, -0.05) is 46.1 Å². The van der Waals surface area contributed by atoms with Crippen LogP contribution < -0.4 is 0 Å². The van der Waals surface area contributed by atoms with Gasteiger partial charge < -0.3 is 0 Å². The van der Waals surface area contributed by atoms with Crippen molar-refractivity contribution in [2.75, 3.05) is 0 Å². The summed E-state index contributed by atoms with van der Waals surface area (Å²) >= 11 is 1.82. The second-order valence-corrected chi connectivity index (χ2v) is 3.82. The summed E-state index contributed by atoms with van der Waals surface area (Å²) in [5.41, 5.74) is 0. The molecule has 0 spiro atoms. The van der Waals surface area contributed by atoms with Crippen molar-refractivity contribution in [3.05, 3.63) is 22.4 Å². The molecule has 0 saturated carbocycles. The van der Waals surface area contributed by atoms with E-state index in [0.717, 1.165) is 0 Å². The van der Waals surface area contributed by atoms with Crippen molar-refractivity contribution in [2.45, 2.75) is 46.5 Å². The van der Waals surface area contributed by atoms with Crippen molar-refractivity contribution >= 4 is 11.3 Å². The third-order valence-corrected chi connectivity index (χ3v) is 2.66. The van der Waals surface area contributed by atoms with E-state index >= 15 is 0 Å². The Morgan fingerprint density at radius 2 is 1.83 bits per heavy atom. The molecule has 0 fully saturated rings. The van der Waals surface area contributed by atoms with E-state index in [-0.39, 0.29) is 0 Å². The van der Waals surface area contributed by atoms with Crippen LogP contribution in [0.4, 0.5) is 0 Å². The van der Waals surface area contributed by atoms with Gasteiger partial charge in [-0.05, 0) is 17.9 Å². The summed E-state index contributed by atoms with van der Waals surface area (Å²) < 4.78 is 0. The van der Waals surface area contributed by atoms with Crippen molar-refractivity contribution in [2.24, 2.45) is 0 Å². The highest BCUT2D eigenvalue weighted by Crippen LogP contribution is 2.07. The van der Waals surface area contributed by atoms with Gasteiger partial charge in [0, 0.05) is 4.88 Å². The van der Waals surface area contributed by atoms with Gasteiger partial charge in [-0.3, -0.25) is 0 Å². The van der Waals surface area contributed by atoms with E-state index < -0.39 is 0 Å². The van der Waals surface area contributed by atoms with Gasteiger partial charge in [-0.15, -0.1) is 11.3 Å². The second-order valence-electron chi connectivity index (χ2n) is 2.79. The number of unbranched alkanes of at least 4 members (excludes halogenated alkanes) is 2. The number of hydrogen-bond donors (Lipinski definition) is 0. The van der Waals surface area contributed by atoms with Crippen molar-refractivity contribution in [3.8, 4) is 0 Å². The van der Waals surface area contributed by atoms with Crippen molar-refractivity contribution < 1.29 is 0 Å². The zero-order valence-electron chi connectivity index (χ0n) is 8.47. The minimum Gasteiger partial charge on any atom is -0.149 e. The van der Waals surface area contributed by atoms with Crippen LogP contribution in [-0.2, 0) is 6.42 Å². The van der Waals surface area contributed by atoms with Gasteiger partial charge in [0.1, 0.15) is 0 Å². The molecule has 1 rings (SSSR count).